The van der Waals surface area contributed by atoms with Crippen molar-refractivity contribution in [3.63, 3.8) is 0 Å². The molecule has 16 heavy (non-hydrogen) atoms. The fourth-order valence-electron chi connectivity index (χ4n) is 1.30. The predicted molar refractivity (Wildman–Crippen MR) is 64.1 cm³/mol. The van der Waals surface area contributed by atoms with Crippen LogP contribution in [-0.4, -0.2) is 31.0 Å². The summed E-state index contributed by atoms with van der Waals surface area (Å²) in [7, 11) is -1.75. The molecule has 3 N–H and O–H groups in total. The molecule has 1 aromatic rings. The van der Waals surface area contributed by atoms with E-state index in [9.17, 15) is 8.42 Å². The summed E-state index contributed by atoms with van der Waals surface area (Å²) >= 11 is 0. The lowest BCUT2D eigenvalue weighted by Crippen LogP contribution is -2.11. The maximum absolute atomic E-state index is 11.6. The summed E-state index contributed by atoms with van der Waals surface area (Å²) in [5.74, 6) is 0.889. The van der Waals surface area contributed by atoms with Crippen molar-refractivity contribution >= 4 is 21.5 Å². The number of hydrogen-bond donors (Lipinski definition) is 2. The van der Waals surface area contributed by atoms with Crippen LogP contribution in [0.25, 0.3) is 0 Å². The van der Waals surface area contributed by atoms with Gasteiger partial charge in [0.2, 0.25) is 0 Å². The van der Waals surface area contributed by atoms with Crippen LogP contribution < -0.4 is 11.1 Å². The highest BCUT2D eigenvalue weighted by atomic mass is 32.2. The number of nitrogens with two attached hydrogens (primary N) is 1. The lowest BCUT2D eigenvalue weighted by molar-refractivity contribution is 0.602. The van der Waals surface area contributed by atoms with Gasteiger partial charge < -0.3 is 11.1 Å². The van der Waals surface area contributed by atoms with Gasteiger partial charge in [-0.1, -0.05) is 13.8 Å². The van der Waals surface area contributed by atoms with Crippen LogP contribution in [0.3, 0.4) is 0 Å². The Morgan fingerprint density at radius 2 is 2.06 bits per heavy atom. The van der Waals surface area contributed by atoms with Gasteiger partial charge >= 0.3 is 0 Å². The number of rotatable bonds is 4. The SMILES string of the molecule is CC(C)CNc1nn(C)c(N)c1S(C)(=O)=O. The standard InChI is InChI=1S/C9H18N4O2S/c1-6(2)5-11-9-7(16(4,14)15)8(10)13(3)12-9/h6H,5,10H2,1-4H3,(H,11,12). The largest absolute Gasteiger partial charge is 0.383 e. The van der Waals surface area contributed by atoms with Crippen LogP contribution >= 0.6 is 0 Å². The molecule has 92 valence electrons. The Bertz CT molecular complexity index is 476. The fourth-order valence-corrected chi connectivity index (χ4v) is 2.28. The molecule has 0 aromatic carbocycles. The van der Waals surface area contributed by atoms with Crippen LogP contribution in [0.5, 0.6) is 0 Å². The van der Waals surface area contributed by atoms with Gasteiger partial charge in [0.05, 0.1) is 0 Å². The number of nitrogens with one attached hydrogen (secondary N) is 1. The third-order valence-corrected chi connectivity index (χ3v) is 3.24. The third-order valence-electron chi connectivity index (χ3n) is 2.09. The van der Waals surface area contributed by atoms with Crippen molar-refractivity contribution in [1.82, 2.24) is 9.78 Å². The van der Waals surface area contributed by atoms with Gasteiger partial charge in [-0.15, -0.1) is 0 Å². The molecule has 7 heteroatoms. The minimum absolute atomic E-state index is 0.0793. The van der Waals surface area contributed by atoms with Crippen LogP contribution in [0.15, 0.2) is 4.90 Å². The maximum Gasteiger partial charge on any atom is 0.182 e. The molecule has 0 fully saturated rings. The van der Waals surface area contributed by atoms with E-state index in [0.717, 1.165) is 6.26 Å². The molecule has 0 aliphatic rings. The van der Waals surface area contributed by atoms with Gasteiger partial charge in [-0.05, 0) is 5.92 Å². The highest BCUT2D eigenvalue weighted by Crippen LogP contribution is 2.26. The van der Waals surface area contributed by atoms with Crippen molar-refractivity contribution in [2.75, 3.05) is 23.9 Å². The van der Waals surface area contributed by atoms with Crippen molar-refractivity contribution < 1.29 is 8.42 Å². The summed E-state index contributed by atoms with van der Waals surface area (Å²) in [5.41, 5.74) is 5.68. The second-order valence-electron chi connectivity index (χ2n) is 4.23. The van der Waals surface area contributed by atoms with Gasteiger partial charge in [0.15, 0.2) is 20.6 Å². The van der Waals surface area contributed by atoms with Gasteiger partial charge in [0.1, 0.15) is 5.82 Å². The van der Waals surface area contributed by atoms with Crippen LogP contribution in [0.2, 0.25) is 0 Å². The van der Waals surface area contributed by atoms with Gasteiger partial charge in [0, 0.05) is 19.8 Å². The first-order valence-corrected chi connectivity index (χ1v) is 6.89. The molecule has 0 amide bonds. The average molecular weight is 246 g/mol. The van der Waals surface area contributed by atoms with Crippen molar-refractivity contribution in [2.24, 2.45) is 13.0 Å². The van der Waals surface area contributed by atoms with Gasteiger partial charge in [-0.25, -0.2) is 13.1 Å². The zero-order valence-corrected chi connectivity index (χ0v) is 10.8. The molecule has 1 rings (SSSR count). The van der Waals surface area contributed by atoms with E-state index in [0.29, 0.717) is 18.3 Å². The Morgan fingerprint density at radius 1 is 1.50 bits per heavy atom. The third kappa shape index (κ3) is 2.66. The maximum atomic E-state index is 11.6. The molecule has 0 unspecified atom stereocenters. The molecule has 0 radical (unpaired) electrons. The van der Waals surface area contributed by atoms with Crippen molar-refractivity contribution in [3.8, 4) is 0 Å². The lowest BCUT2D eigenvalue weighted by atomic mass is 10.2. The summed E-state index contributed by atoms with van der Waals surface area (Å²) < 4.78 is 24.5. The number of sulfone groups is 1. The van der Waals surface area contributed by atoms with E-state index >= 15 is 0 Å². The van der Waals surface area contributed by atoms with Gasteiger partial charge in [-0.2, -0.15) is 5.10 Å². The van der Waals surface area contributed by atoms with Gasteiger partial charge in [0.25, 0.3) is 0 Å². The highest BCUT2D eigenvalue weighted by molar-refractivity contribution is 7.91. The normalized spacial score (nSPS) is 12.1. The fraction of sp³-hybridized carbons (Fsp3) is 0.667. The predicted octanol–water partition coefficient (Wildman–Crippen LogP) is 0.474. The number of hydrogen-bond acceptors (Lipinski definition) is 5. The molecule has 0 saturated carbocycles. The Hall–Kier alpha value is -1.24. The summed E-state index contributed by atoms with van der Waals surface area (Å²) in [4.78, 5) is 0.0793. The number of nitrogen functional groups attached to an aromatic ring is 1. The Morgan fingerprint density at radius 3 is 2.50 bits per heavy atom. The molecule has 6 nitrogen and oxygen atoms in total. The molecule has 0 bridgehead atoms. The van der Waals surface area contributed by atoms with Crippen LogP contribution in [0.1, 0.15) is 13.8 Å². The number of nitrogens with zero attached hydrogens (tertiary/aromatic N) is 2. The van der Waals surface area contributed by atoms with E-state index in [-0.39, 0.29) is 10.7 Å². The van der Waals surface area contributed by atoms with E-state index in [1.807, 2.05) is 13.8 Å². The highest BCUT2D eigenvalue weighted by Gasteiger charge is 2.22. The smallest absolute Gasteiger partial charge is 0.182 e. The molecular formula is C9H18N4O2S. The minimum atomic E-state index is -3.36. The second kappa shape index (κ2) is 4.32. The zero-order valence-electron chi connectivity index (χ0n) is 9.98. The molecule has 0 saturated heterocycles. The Balaban J connectivity index is 3.15. The summed E-state index contributed by atoms with van der Waals surface area (Å²) in [5, 5.41) is 7.04. The molecule has 1 heterocycles. The number of aryl methyl sites for hydroxylation is 1. The molecule has 1 aromatic heterocycles. The van der Waals surface area contributed by atoms with Crippen LogP contribution in [-0.2, 0) is 16.9 Å². The van der Waals surface area contributed by atoms with Crippen molar-refractivity contribution in [2.45, 2.75) is 18.7 Å². The molecule has 0 aliphatic carbocycles. The van der Waals surface area contributed by atoms with Crippen LogP contribution in [0.4, 0.5) is 11.6 Å². The number of anilines is 2. The monoisotopic (exact) mass is 246 g/mol. The van der Waals surface area contributed by atoms with E-state index in [1.54, 1.807) is 7.05 Å². The van der Waals surface area contributed by atoms with Gasteiger partial charge in [-0.3, -0.25) is 0 Å². The Labute approximate surface area is 95.7 Å². The zero-order chi connectivity index (χ0) is 12.5. The molecular weight excluding hydrogens is 228 g/mol. The van der Waals surface area contributed by atoms with Crippen LogP contribution in [0, 0.1) is 5.92 Å². The Kier molecular flexibility index (Phi) is 3.47. The molecule has 0 aliphatic heterocycles. The molecule has 0 atom stereocenters. The summed E-state index contributed by atoms with van der Waals surface area (Å²) in [6.45, 7) is 4.71. The summed E-state index contributed by atoms with van der Waals surface area (Å²) in [6.07, 6.45) is 1.13. The summed E-state index contributed by atoms with van der Waals surface area (Å²) in [6, 6.07) is 0. The number of aromatic nitrogens is 2. The average Bonchev–Trinajstić information content (AvgIpc) is 2.38. The lowest BCUT2D eigenvalue weighted by Gasteiger charge is -2.07. The van der Waals surface area contributed by atoms with E-state index in [2.05, 4.69) is 10.4 Å². The topological polar surface area (TPSA) is 90.0 Å². The van der Waals surface area contributed by atoms with Crippen molar-refractivity contribution in [1.29, 1.82) is 0 Å². The van der Waals surface area contributed by atoms with Crippen molar-refractivity contribution in [3.05, 3.63) is 0 Å². The van der Waals surface area contributed by atoms with E-state index in [4.69, 9.17) is 5.73 Å². The molecule has 0 spiro atoms. The first kappa shape index (κ1) is 12.8. The first-order chi connectivity index (χ1) is 7.23. The van der Waals surface area contributed by atoms with E-state index in [1.165, 1.54) is 4.68 Å². The minimum Gasteiger partial charge on any atom is -0.383 e. The first-order valence-electron chi connectivity index (χ1n) is 5.00. The quantitative estimate of drug-likeness (QED) is 0.806. The van der Waals surface area contributed by atoms with E-state index < -0.39 is 9.84 Å². The second-order valence-corrected chi connectivity index (χ2v) is 6.19.